The van der Waals surface area contributed by atoms with Gasteiger partial charge in [0.1, 0.15) is 0 Å². The third-order valence-corrected chi connectivity index (χ3v) is 2.39. The first-order valence-corrected chi connectivity index (χ1v) is 5.15. The van der Waals surface area contributed by atoms with Gasteiger partial charge in [-0.3, -0.25) is 4.98 Å². The summed E-state index contributed by atoms with van der Waals surface area (Å²) in [5.74, 6) is 0. The molecule has 1 radical (unpaired) electrons. The predicted molar refractivity (Wildman–Crippen MR) is 62.5 cm³/mol. The van der Waals surface area contributed by atoms with Crippen molar-refractivity contribution in [3.8, 4) is 0 Å². The van der Waals surface area contributed by atoms with E-state index in [1.807, 2.05) is 24.4 Å². The molecule has 0 bridgehead atoms. The smallest absolute Gasteiger partial charge is 0.0409 e. The van der Waals surface area contributed by atoms with Crippen molar-refractivity contribution in [3.63, 3.8) is 0 Å². The number of hydrogen-bond acceptors (Lipinski definition) is 1. The van der Waals surface area contributed by atoms with Gasteiger partial charge in [0.05, 0.1) is 0 Å². The normalized spacial score (nSPS) is 10.2. The fourth-order valence-electron chi connectivity index (χ4n) is 1.58. The summed E-state index contributed by atoms with van der Waals surface area (Å²) in [6.07, 6.45) is 3.84. The van der Waals surface area contributed by atoms with Gasteiger partial charge in [-0.05, 0) is 43.0 Å². The highest BCUT2D eigenvalue weighted by molar-refractivity contribution is 5.21. The second kappa shape index (κ2) is 4.74. The first-order chi connectivity index (χ1) is 7.34. The van der Waals surface area contributed by atoms with Crippen molar-refractivity contribution in [1.82, 2.24) is 4.98 Å². The molecule has 0 N–H and O–H groups in total. The van der Waals surface area contributed by atoms with Gasteiger partial charge in [0, 0.05) is 11.9 Å². The molecule has 2 aromatic rings. The SMILES string of the molecule is [CH2]c1ccnc(CCc2ccccc2)c1. The molecule has 75 valence electrons. The minimum atomic E-state index is 0.980. The fourth-order valence-corrected chi connectivity index (χ4v) is 1.58. The number of aromatic nitrogens is 1. The molecule has 1 aromatic heterocycles. The molecule has 1 heterocycles. The molecule has 0 aliphatic heterocycles. The number of aryl methyl sites for hydroxylation is 2. The van der Waals surface area contributed by atoms with E-state index in [0.717, 1.165) is 24.1 Å². The maximum Gasteiger partial charge on any atom is 0.0409 e. The van der Waals surface area contributed by atoms with E-state index in [0.29, 0.717) is 0 Å². The van der Waals surface area contributed by atoms with Crippen LogP contribution in [-0.4, -0.2) is 4.98 Å². The van der Waals surface area contributed by atoms with Crippen LogP contribution in [-0.2, 0) is 12.8 Å². The van der Waals surface area contributed by atoms with Crippen LogP contribution in [0.4, 0.5) is 0 Å². The van der Waals surface area contributed by atoms with Crippen molar-refractivity contribution in [1.29, 1.82) is 0 Å². The molecule has 0 aliphatic rings. The lowest BCUT2D eigenvalue weighted by molar-refractivity contribution is 0.912. The van der Waals surface area contributed by atoms with Crippen LogP contribution < -0.4 is 0 Å². The minimum Gasteiger partial charge on any atom is -0.261 e. The molecule has 0 spiro atoms. The molecule has 1 heteroatoms. The van der Waals surface area contributed by atoms with E-state index in [-0.39, 0.29) is 0 Å². The van der Waals surface area contributed by atoms with E-state index in [1.54, 1.807) is 0 Å². The van der Waals surface area contributed by atoms with Gasteiger partial charge in [-0.15, -0.1) is 0 Å². The van der Waals surface area contributed by atoms with Crippen molar-refractivity contribution in [2.45, 2.75) is 12.8 Å². The van der Waals surface area contributed by atoms with Crippen LogP contribution in [0.3, 0.4) is 0 Å². The Balaban J connectivity index is 1.99. The quantitative estimate of drug-likeness (QED) is 0.735. The van der Waals surface area contributed by atoms with Crippen LogP contribution in [0, 0.1) is 6.92 Å². The van der Waals surface area contributed by atoms with E-state index >= 15 is 0 Å². The van der Waals surface area contributed by atoms with Crippen molar-refractivity contribution >= 4 is 0 Å². The number of nitrogens with zero attached hydrogens (tertiary/aromatic N) is 1. The summed E-state index contributed by atoms with van der Waals surface area (Å²) in [6, 6.07) is 14.4. The summed E-state index contributed by atoms with van der Waals surface area (Å²) >= 11 is 0. The Bertz CT molecular complexity index is 420. The van der Waals surface area contributed by atoms with Gasteiger partial charge in [0.25, 0.3) is 0 Å². The molecule has 1 nitrogen and oxygen atoms in total. The second-order valence-corrected chi connectivity index (χ2v) is 3.64. The lowest BCUT2D eigenvalue weighted by atomic mass is 10.1. The Kier molecular flexibility index (Phi) is 3.13. The summed E-state index contributed by atoms with van der Waals surface area (Å²) < 4.78 is 0. The van der Waals surface area contributed by atoms with E-state index in [9.17, 15) is 0 Å². The van der Waals surface area contributed by atoms with Crippen molar-refractivity contribution in [2.75, 3.05) is 0 Å². The van der Waals surface area contributed by atoms with Crippen LogP contribution in [0.25, 0.3) is 0 Å². The Morgan fingerprint density at radius 3 is 2.53 bits per heavy atom. The van der Waals surface area contributed by atoms with E-state index in [4.69, 9.17) is 0 Å². The van der Waals surface area contributed by atoms with E-state index in [1.165, 1.54) is 5.56 Å². The monoisotopic (exact) mass is 196 g/mol. The van der Waals surface area contributed by atoms with Gasteiger partial charge in [0.15, 0.2) is 0 Å². The third-order valence-electron chi connectivity index (χ3n) is 2.39. The summed E-state index contributed by atoms with van der Waals surface area (Å²) in [5.41, 5.74) is 3.51. The number of hydrogen-bond donors (Lipinski definition) is 0. The Morgan fingerprint density at radius 2 is 1.80 bits per heavy atom. The number of benzene rings is 1. The molecule has 0 aliphatic carbocycles. The molecule has 15 heavy (non-hydrogen) atoms. The minimum absolute atomic E-state index is 0.980. The van der Waals surface area contributed by atoms with Crippen LogP contribution in [0.15, 0.2) is 48.7 Å². The van der Waals surface area contributed by atoms with Gasteiger partial charge < -0.3 is 0 Å². The lowest BCUT2D eigenvalue weighted by Gasteiger charge is -2.01. The zero-order chi connectivity index (χ0) is 10.5. The molecule has 0 atom stereocenters. The Labute approximate surface area is 90.8 Å². The topological polar surface area (TPSA) is 12.9 Å². The Hall–Kier alpha value is -1.63. The van der Waals surface area contributed by atoms with Gasteiger partial charge in [-0.1, -0.05) is 30.3 Å². The maximum atomic E-state index is 4.31. The highest BCUT2D eigenvalue weighted by atomic mass is 14.7. The van der Waals surface area contributed by atoms with Crippen LogP contribution in [0.5, 0.6) is 0 Å². The van der Waals surface area contributed by atoms with Gasteiger partial charge in [-0.2, -0.15) is 0 Å². The standard InChI is InChI=1S/C14H14N/c1-12-9-10-15-14(11-12)8-7-13-5-3-2-4-6-13/h2-6,9-11H,1,7-8H2. The molecule has 0 unspecified atom stereocenters. The molecule has 0 fully saturated rings. The molecule has 0 amide bonds. The molecule has 1 aromatic carbocycles. The molecular weight excluding hydrogens is 182 g/mol. The molecule has 0 saturated carbocycles. The largest absolute Gasteiger partial charge is 0.261 e. The van der Waals surface area contributed by atoms with Gasteiger partial charge >= 0.3 is 0 Å². The van der Waals surface area contributed by atoms with Crippen molar-refractivity contribution in [2.24, 2.45) is 0 Å². The van der Waals surface area contributed by atoms with E-state index in [2.05, 4.69) is 36.2 Å². The average molecular weight is 196 g/mol. The molecule has 2 rings (SSSR count). The van der Waals surface area contributed by atoms with Gasteiger partial charge in [-0.25, -0.2) is 0 Å². The Morgan fingerprint density at radius 1 is 1.00 bits per heavy atom. The summed E-state index contributed by atoms with van der Waals surface area (Å²) in [4.78, 5) is 4.31. The van der Waals surface area contributed by atoms with Crippen LogP contribution in [0.1, 0.15) is 16.8 Å². The highest BCUT2D eigenvalue weighted by Crippen LogP contribution is 2.06. The zero-order valence-electron chi connectivity index (χ0n) is 8.69. The predicted octanol–water partition coefficient (Wildman–Crippen LogP) is 3.05. The molecular formula is C14H14N. The first-order valence-electron chi connectivity index (χ1n) is 5.15. The average Bonchev–Trinajstić information content (AvgIpc) is 2.28. The zero-order valence-corrected chi connectivity index (χ0v) is 8.69. The van der Waals surface area contributed by atoms with Crippen molar-refractivity contribution in [3.05, 3.63) is 72.4 Å². The van der Waals surface area contributed by atoms with Crippen LogP contribution >= 0.6 is 0 Å². The lowest BCUT2D eigenvalue weighted by Crippen LogP contribution is -1.94. The molecule has 0 saturated heterocycles. The first kappa shape index (κ1) is 9.91. The third kappa shape index (κ3) is 2.91. The fraction of sp³-hybridized carbons (Fsp3) is 0.143. The highest BCUT2D eigenvalue weighted by Gasteiger charge is 1.96. The summed E-state index contributed by atoms with van der Waals surface area (Å²) in [7, 11) is 0. The number of rotatable bonds is 3. The van der Waals surface area contributed by atoms with E-state index < -0.39 is 0 Å². The number of pyridine rings is 1. The van der Waals surface area contributed by atoms with Gasteiger partial charge in [0.2, 0.25) is 0 Å². The van der Waals surface area contributed by atoms with Crippen molar-refractivity contribution < 1.29 is 0 Å². The summed E-state index contributed by atoms with van der Waals surface area (Å²) in [5, 5.41) is 0. The maximum absolute atomic E-state index is 4.31. The van der Waals surface area contributed by atoms with Crippen LogP contribution in [0.2, 0.25) is 0 Å². The summed E-state index contributed by atoms with van der Waals surface area (Å²) in [6.45, 7) is 3.90. The second-order valence-electron chi connectivity index (χ2n) is 3.64.